The fourth-order valence-electron chi connectivity index (χ4n) is 3.04. The third kappa shape index (κ3) is 22.2. The minimum Gasteiger partial charge on any atom is -0.459 e. The first kappa shape index (κ1) is 28.7. The zero-order valence-electron chi connectivity index (χ0n) is 19.6. The Morgan fingerprint density at radius 2 is 1.38 bits per heavy atom. The molecule has 0 amide bonds. The molecule has 0 aliphatic rings. The van der Waals surface area contributed by atoms with Crippen molar-refractivity contribution in [2.24, 2.45) is 0 Å². The van der Waals surface area contributed by atoms with Crippen LogP contribution in [0.3, 0.4) is 0 Å². The smallest absolute Gasteiger partial charge is 0.306 e. The molecule has 0 saturated heterocycles. The van der Waals surface area contributed by atoms with Crippen LogP contribution < -0.4 is 0 Å². The quantitative estimate of drug-likeness (QED) is 0.0623. The number of hydrogen-bond acceptors (Lipinski definition) is 3. The molecular weight excluding hydrogens is 400 g/mol. The molecule has 0 aromatic heterocycles. The molecule has 0 aromatic rings. The summed E-state index contributed by atoms with van der Waals surface area (Å²) in [6.45, 7) is 9.03. The van der Waals surface area contributed by atoms with Gasteiger partial charge in [-0.3, -0.25) is 4.79 Å². The van der Waals surface area contributed by atoms with Crippen LogP contribution in [0, 0.1) is 0 Å². The number of esters is 1. The molecule has 0 rings (SSSR count). The van der Waals surface area contributed by atoms with Gasteiger partial charge in [0.25, 0.3) is 0 Å². The van der Waals surface area contributed by atoms with Crippen molar-refractivity contribution in [1.82, 2.24) is 0 Å². The highest BCUT2D eigenvalue weighted by atomic mass is 35.5. The van der Waals surface area contributed by atoms with E-state index in [0.29, 0.717) is 18.9 Å². The summed E-state index contributed by atoms with van der Waals surface area (Å²) >= 11 is 5.89. The topological polar surface area (TPSA) is 35.5 Å². The van der Waals surface area contributed by atoms with E-state index in [4.69, 9.17) is 20.8 Å². The van der Waals surface area contributed by atoms with E-state index >= 15 is 0 Å². The molecule has 0 heterocycles. The highest BCUT2D eigenvalue weighted by Gasteiger charge is 2.19. The molecule has 1 atom stereocenters. The molecular formula is C24H47ClO3Si. The van der Waals surface area contributed by atoms with Crippen molar-refractivity contribution in [1.29, 1.82) is 0 Å². The molecule has 0 radical (unpaired) electrons. The van der Waals surface area contributed by atoms with E-state index in [1.807, 2.05) is 0 Å². The Labute approximate surface area is 187 Å². The second kappa shape index (κ2) is 19.6. The summed E-state index contributed by atoms with van der Waals surface area (Å²) in [6, 6.07) is 0. The maximum atomic E-state index is 11.9. The molecule has 29 heavy (non-hydrogen) atoms. The lowest BCUT2D eigenvalue weighted by atomic mass is 10.1. The molecule has 0 aliphatic carbocycles. The van der Waals surface area contributed by atoms with E-state index in [1.54, 1.807) is 0 Å². The Kier molecular flexibility index (Phi) is 19.4. The number of halogens is 1. The maximum Gasteiger partial charge on any atom is 0.306 e. The van der Waals surface area contributed by atoms with Gasteiger partial charge in [0.1, 0.15) is 6.10 Å². The fraction of sp³-hybridized carbons (Fsp3) is 0.875. The Balaban J connectivity index is 3.48. The van der Waals surface area contributed by atoms with Crippen molar-refractivity contribution in [3.63, 3.8) is 0 Å². The lowest BCUT2D eigenvalue weighted by Gasteiger charge is -2.22. The molecule has 0 aliphatic heterocycles. The van der Waals surface area contributed by atoms with Gasteiger partial charge in [-0.05, 0) is 51.7 Å². The van der Waals surface area contributed by atoms with Crippen molar-refractivity contribution in [2.75, 3.05) is 12.5 Å². The van der Waals surface area contributed by atoms with Crippen LogP contribution in [0.5, 0.6) is 0 Å². The van der Waals surface area contributed by atoms with Crippen LogP contribution in [-0.2, 0) is 14.0 Å². The molecule has 0 fully saturated rings. The number of carbonyl (C=O) groups is 1. The predicted octanol–water partition coefficient (Wildman–Crippen LogP) is 8.03. The Bertz CT molecular complexity index is 407. The predicted molar refractivity (Wildman–Crippen MR) is 129 cm³/mol. The first-order chi connectivity index (χ1) is 13.9. The summed E-state index contributed by atoms with van der Waals surface area (Å²) in [4.78, 5) is 11.9. The number of alkyl halides is 1. The highest BCUT2D eigenvalue weighted by molar-refractivity contribution is 6.69. The van der Waals surface area contributed by atoms with Crippen molar-refractivity contribution < 1.29 is 14.0 Å². The zero-order valence-corrected chi connectivity index (χ0v) is 21.4. The van der Waals surface area contributed by atoms with Crippen molar-refractivity contribution in [3.05, 3.63) is 12.2 Å². The zero-order chi connectivity index (χ0) is 21.8. The van der Waals surface area contributed by atoms with Crippen molar-refractivity contribution in [3.8, 4) is 0 Å². The molecule has 0 aromatic carbocycles. The van der Waals surface area contributed by atoms with Crippen molar-refractivity contribution in [2.45, 2.75) is 123 Å². The summed E-state index contributed by atoms with van der Waals surface area (Å²) in [6.07, 6.45) is 21.2. The van der Waals surface area contributed by atoms with Gasteiger partial charge in [-0.25, -0.2) is 0 Å². The lowest BCUT2D eigenvalue weighted by molar-refractivity contribution is -0.149. The minimum atomic E-state index is -1.61. The van der Waals surface area contributed by atoms with Crippen LogP contribution >= 0.6 is 11.6 Å². The van der Waals surface area contributed by atoms with Crippen LogP contribution in [0.2, 0.25) is 19.6 Å². The van der Waals surface area contributed by atoms with Gasteiger partial charge in [0.15, 0.2) is 8.32 Å². The number of ether oxygens (including phenoxy) is 1. The van der Waals surface area contributed by atoms with Gasteiger partial charge in [-0.1, -0.05) is 70.4 Å². The van der Waals surface area contributed by atoms with E-state index in [0.717, 1.165) is 12.8 Å². The number of carbonyl (C=O) groups excluding carboxylic acids is 1. The van der Waals surface area contributed by atoms with Crippen LogP contribution in [0.25, 0.3) is 0 Å². The Morgan fingerprint density at radius 3 is 1.90 bits per heavy atom. The monoisotopic (exact) mass is 446 g/mol. The summed E-state index contributed by atoms with van der Waals surface area (Å²) in [5.41, 5.74) is 0. The minimum absolute atomic E-state index is 0.146. The first-order valence-corrected chi connectivity index (χ1v) is 15.9. The van der Waals surface area contributed by atoms with Crippen LogP contribution in [0.4, 0.5) is 0 Å². The highest BCUT2D eigenvalue weighted by Crippen LogP contribution is 2.11. The number of unbranched alkanes of at least 4 members (excludes halogenated alkanes) is 11. The average molecular weight is 447 g/mol. The third-order valence-corrected chi connectivity index (χ3v) is 6.19. The van der Waals surface area contributed by atoms with Crippen LogP contribution in [0.15, 0.2) is 12.2 Å². The van der Waals surface area contributed by atoms with Gasteiger partial charge in [0, 0.05) is 6.42 Å². The molecule has 172 valence electrons. The number of allylic oxidation sites excluding steroid dienone is 2. The SMILES string of the molecule is CCCCCCCC/C=C\CCCCCCCC(=O)OC(CCl)CO[Si](C)(C)C. The molecule has 5 heteroatoms. The summed E-state index contributed by atoms with van der Waals surface area (Å²) < 4.78 is 11.2. The van der Waals surface area contributed by atoms with Gasteiger partial charge in [-0.15, -0.1) is 11.6 Å². The standard InChI is InChI=1S/C24H47ClO3Si/c1-5-6-7-8-9-10-11-12-13-14-15-16-17-18-19-20-24(26)28-23(21-25)22-27-29(2,3)4/h12-13,23H,5-11,14-22H2,1-4H3/b13-12-. The first-order valence-electron chi connectivity index (χ1n) is 11.9. The largest absolute Gasteiger partial charge is 0.459 e. The van der Waals surface area contributed by atoms with E-state index in [1.165, 1.54) is 70.6 Å². The fourth-order valence-corrected chi connectivity index (χ4v) is 3.88. The number of hydrogen-bond donors (Lipinski definition) is 0. The van der Waals surface area contributed by atoms with Crippen LogP contribution in [-0.4, -0.2) is 32.9 Å². The normalized spacial score (nSPS) is 13.1. The van der Waals surface area contributed by atoms with Gasteiger partial charge < -0.3 is 9.16 Å². The second-order valence-electron chi connectivity index (χ2n) is 9.02. The number of rotatable bonds is 20. The summed E-state index contributed by atoms with van der Waals surface area (Å²) in [5, 5.41) is 0. The van der Waals surface area contributed by atoms with E-state index in [9.17, 15) is 4.79 Å². The molecule has 0 N–H and O–H groups in total. The molecule has 0 bridgehead atoms. The van der Waals surface area contributed by atoms with Gasteiger partial charge in [0.2, 0.25) is 0 Å². The average Bonchev–Trinajstić information content (AvgIpc) is 2.67. The van der Waals surface area contributed by atoms with Crippen LogP contribution in [0.1, 0.15) is 96.8 Å². The van der Waals surface area contributed by atoms with E-state index in [-0.39, 0.29) is 12.1 Å². The summed E-state index contributed by atoms with van der Waals surface area (Å²) in [7, 11) is -1.61. The lowest BCUT2D eigenvalue weighted by Crippen LogP contribution is -2.33. The van der Waals surface area contributed by atoms with Crippen molar-refractivity contribution >= 4 is 25.9 Å². The molecule has 0 spiro atoms. The maximum absolute atomic E-state index is 11.9. The second-order valence-corrected chi connectivity index (χ2v) is 13.8. The van der Waals surface area contributed by atoms with Gasteiger partial charge in [-0.2, -0.15) is 0 Å². The molecule has 0 saturated carbocycles. The summed E-state index contributed by atoms with van der Waals surface area (Å²) in [5.74, 6) is 0.148. The molecule has 3 nitrogen and oxygen atoms in total. The van der Waals surface area contributed by atoms with E-state index < -0.39 is 8.32 Å². The third-order valence-electron chi connectivity index (χ3n) is 4.82. The van der Waals surface area contributed by atoms with Gasteiger partial charge in [0.05, 0.1) is 12.5 Å². The Morgan fingerprint density at radius 1 is 0.862 bits per heavy atom. The Hall–Kier alpha value is -0.323. The van der Waals surface area contributed by atoms with E-state index in [2.05, 4.69) is 38.7 Å². The molecule has 1 unspecified atom stereocenters. The van der Waals surface area contributed by atoms with Gasteiger partial charge >= 0.3 is 5.97 Å².